The Morgan fingerprint density at radius 3 is 2.20 bits per heavy atom. The maximum absolute atomic E-state index is 10.5. The van der Waals surface area contributed by atoms with Gasteiger partial charge in [-0.25, -0.2) is 4.79 Å². The number of aliphatic hydroxyl groups excluding tert-OH is 1. The number of carbonyl (C=O) groups excluding carboxylic acids is 1. The van der Waals surface area contributed by atoms with Crippen molar-refractivity contribution < 1.29 is 14.6 Å². The summed E-state index contributed by atoms with van der Waals surface area (Å²) in [6.45, 7) is 6.20. The topological polar surface area (TPSA) is 46.5 Å². The van der Waals surface area contributed by atoms with Gasteiger partial charge in [-0.05, 0) is 13.8 Å². The van der Waals surface area contributed by atoms with Gasteiger partial charge >= 0.3 is 33.3 Å². The fraction of sp³-hybridized carbons (Fsp3) is 0.500. The van der Waals surface area contributed by atoms with Crippen molar-refractivity contribution in [1.82, 2.24) is 0 Å². The molecule has 0 aromatic rings. The molecular formula is C6H12O3Pb. The van der Waals surface area contributed by atoms with Gasteiger partial charge in [0.1, 0.15) is 0 Å². The molecule has 0 saturated heterocycles. The molecule has 10 heavy (non-hydrogen) atoms. The van der Waals surface area contributed by atoms with Crippen LogP contribution in [-0.4, -0.2) is 44.7 Å². The van der Waals surface area contributed by atoms with Crippen LogP contribution in [0, 0.1) is 0 Å². The molecule has 3 nitrogen and oxygen atoms in total. The zero-order chi connectivity index (χ0) is 7.44. The summed E-state index contributed by atoms with van der Waals surface area (Å²) < 4.78 is 4.33. The first-order valence-electron chi connectivity index (χ1n) is 2.58. The number of esters is 1. The Labute approximate surface area is 80.2 Å². The zero-order valence-electron chi connectivity index (χ0n) is 6.26. The number of hydrogen-bond acceptors (Lipinski definition) is 3. The normalized spacial score (nSPS) is 11.1. The van der Waals surface area contributed by atoms with Crippen molar-refractivity contribution in [3.05, 3.63) is 12.2 Å². The van der Waals surface area contributed by atoms with Gasteiger partial charge in [-0.3, -0.25) is 0 Å². The Balaban J connectivity index is 0. The molecule has 0 saturated carbocycles. The molecular weight excluding hydrogens is 327 g/mol. The van der Waals surface area contributed by atoms with Crippen LogP contribution in [0.25, 0.3) is 0 Å². The standard InChI is InChI=1S/C6H10O3.Pb.2H/c1-4(2)6(8)9-5(3)7;;;/h5,7H,1H2,2-3H3;;;. The van der Waals surface area contributed by atoms with Gasteiger partial charge in [0.15, 0.2) is 6.29 Å². The van der Waals surface area contributed by atoms with E-state index >= 15 is 0 Å². The van der Waals surface area contributed by atoms with Gasteiger partial charge in [-0.2, -0.15) is 0 Å². The average molecular weight is 339 g/mol. The van der Waals surface area contributed by atoms with Crippen LogP contribution >= 0.6 is 0 Å². The van der Waals surface area contributed by atoms with Gasteiger partial charge in [-0.1, -0.05) is 6.58 Å². The van der Waals surface area contributed by atoms with E-state index in [1.807, 2.05) is 0 Å². The van der Waals surface area contributed by atoms with Crippen LogP contribution in [0.5, 0.6) is 0 Å². The monoisotopic (exact) mass is 340 g/mol. The number of ether oxygens (including phenoxy) is 1. The van der Waals surface area contributed by atoms with Crippen molar-refractivity contribution in [3.8, 4) is 0 Å². The number of carbonyl (C=O) groups is 1. The zero-order valence-corrected chi connectivity index (χ0v) is 11.8. The first-order valence-corrected chi connectivity index (χ1v) is 2.58. The first-order chi connectivity index (χ1) is 4.04. The summed E-state index contributed by atoms with van der Waals surface area (Å²) >= 11 is 0. The van der Waals surface area contributed by atoms with Crippen molar-refractivity contribution in [3.63, 3.8) is 0 Å². The third-order valence-corrected chi connectivity index (χ3v) is 0.626. The van der Waals surface area contributed by atoms with Crippen molar-refractivity contribution in [1.29, 1.82) is 0 Å². The molecule has 58 valence electrons. The summed E-state index contributed by atoms with van der Waals surface area (Å²) in [5.41, 5.74) is 0.288. The van der Waals surface area contributed by atoms with E-state index in [0.29, 0.717) is 0 Å². The van der Waals surface area contributed by atoms with E-state index in [9.17, 15) is 4.79 Å². The Morgan fingerprint density at radius 2 is 2.10 bits per heavy atom. The number of rotatable bonds is 2. The van der Waals surface area contributed by atoms with Crippen LogP contribution in [0.2, 0.25) is 0 Å². The third kappa shape index (κ3) is 6.22. The Hall–Kier alpha value is 0.0921. The maximum atomic E-state index is 10.5. The summed E-state index contributed by atoms with van der Waals surface area (Å²) in [7, 11) is 0. The van der Waals surface area contributed by atoms with E-state index in [0.717, 1.165) is 0 Å². The SMILES string of the molecule is C=C(C)C(=O)OC(C)O.[PbH2]. The Morgan fingerprint density at radius 1 is 1.70 bits per heavy atom. The minimum absolute atomic E-state index is 0. The second kappa shape index (κ2) is 5.85. The van der Waals surface area contributed by atoms with Crippen LogP contribution in [0.1, 0.15) is 13.8 Å². The first kappa shape index (κ1) is 12.7. The Kier molecular flexibility index (Phi) is 7.45. The molecule has 0 bridgehead atoms. The average Bonchev–Trinajstić information content (AvgIpc) is 1.63. The number of hydrogen-bond donors (Lipinski definition) is 1. The molecule has 0 rings (SSSR count). The summed E-state index contributed by atoms with van der Waals surface area (Å²) in [6, 6.07) is 0. The van der Waals surface area contributed by atoms with E-state index in [1.165, 1.54) is 13.8 Å². The summed E-state index contributed by atoms with van der Waals surface area (Å²) in [6.07, 6.45) is -1.05. The van der Waals surface area contributed by atoms with E-state index in [2.05, 4.69) is 11.3 Å². The quantitative estimate of drug-likeness (QED) is 0.320. The van der Waals surface area contributed by atoms with Gasteiger partial charge < -0.3 is 9.84 Å². The molecule has 4 heteroatoms. The van der Waals surface area contributed by atoms with Gasteiger partial charge in [0.05, 0.1) is 0 Å². The van der Waals surface area contributed by atoms with E-state index in [-0.39, 0.29) is 32.9 Å². The van der Waals surface area contributed by atoms with Crippen LogP contribution in [0.4, 0.5) is 0 Å². The number of aliphatic hydroxyl groups is 1. The van der Waals surface area contributed by atoms with Crippen LogP contribution < -0.4 is 0 Å². The summed E-state index contributed by atoms with van der Waals surface area (Å²) in [5.74, 6) is -0.565. The predicted octanol–water partition coefficient (Wildman–Crippen LogP) is -0.472. The molecule has 0 heterocycles. The summed E-state index contributed by atoms with van der Waals surface area (Å²) in [5, 5.41) is 8.49. The van der Waals surface area contributed by atoms with Gasteiger partial charge in [0.2, 0.25) is 0 Å². The molecule has 1 N–H and O–H groups in total. The second-order valence-electron chi connectivity index (χ2n) is 1.78. The van der Waals surface area contributed by atoms with Crippen LogP contribution in [-0.2, 0) is 9.53 Å². The third-order valence-electron chi connectivity index (χ3n) is 0.626. The van der Waals surface area contributed by atoms with Crippen LogP contribution in [0.3, 0.4) is 0 Å². The van der Waals surface area contributed by atoms with Crippen molar-refractivity contribution in [2.24, 2.45) is 0 Å². The molecule has 0 spiro atoms. The Bertz CT molecular complexity index is 131. The molecule has 2 radical (unpaired) electrons. The molecule has 0 aliphatic heterocycles. The van der Waals surface area contributed by atoms with Gasteiger partial charge in [0.25, 0.3) is 0 Å². The molecule has 0 aliphatic carbocycles. The fourth-order valence-electron chi connectivity index (χ4n) is 0.255. The molecule has 0 aromatic carbocycles. The molecule has 0 amide bonds. The van der Waals surface area contributed by atoms with Crippen molar-refractivity contribution in [2.45, 2.75) is 20.1 Å². The molecule has 1 unspecified atom stereocenters. The summed E-state index contributed by atoms with van der Waals surface area (Å²) in [4.78, 5) is 10.5. The predicted molar refractivity (Wildman–Crippen MR) is 41.1 cm³/mol. The van der Waals surface area contributed by atoms with E-state index in [1.54, 1.807) is 0 Å². The molecule has 0 aliphatic rings. The van der Waals surface area contributed by atoms with Crippen molar-refractivity contribution >= 4 is 33.3 Å². The van der Waals surface area contributed by atoms with Gasteiger partial charge in [0, 0.05) is 5.57 Å². The molecule has 1 atom stereocenters. The van der Waals surface area contributed by atoms with Gasteiger partial charge in [-0.15, -0.1) is 0 Å². The fourth-order valence-corrected chi connectivity index (χ4v) is 0.255. The minimum atomic E-state index is -1.05. The van der Waals surface area contributed by atoms with Crippen molar-refractivity contribution in [2.75, 3.05) is 0 Å². The van der Waals surface area contributed by atoms with E-state index in [4.69, 9.17) is 5.11 Å². The van der Waals surface area contributed by atoms with E-state index < -0.39 is 12.3 Å². The molecule has 0 fully saturated rings. The second-order valence-corrected chi connectivity index (χ2v) is 1.78. The van der Waals surface area contributed by atoms with Crippen LogP contribution in [0.15, 0.2) is 12.2 Å². The molecule has 0 aromatic heterocycles.